The predicted octanol–water partition coefficient (Wildman–Crippen LogP) is 4.96. The van der Waals surface area contributed by atoms with E-state index in [4.69, 9.17) is 16.6 Å². The molecule has 0 unspecified atom stereocenters. The smallest absolute Gasteiger partial charge is 0.245 e. The second-order valence-corrected chi connectivity index (χ2v) is 7.10. The summed E-state index contributed by atoms with van der Waals surface area (Å²) < 4.78 is 1.94. The fraction of sp³-hybridized carbons (Fsp3) is 0.381. The van der Waals surface area contributed by atoms with Crippen molar-refractivity contribution in [1.29, 1.82) is 0 Å². The van der Waals surface area contributed by atoms with Crippen LogP contribution in [0.2, 0.25) is 5.02 Å². The second-order valence-electron chi connectivity index (χ2n) is 6.66. The van der Waals surface area contributed by atoms with E-state index in [0.717, 1.165) is 48.5 Å². The van der Waals surface area contributed by atoms with E-state index in [1.807, 2.05) is 52.8 Å². The lowest BCUT2D eigenvalue weighted by molar-refractivity contribution is -0.134. The molecule has 0 N–H and O–H groups in total. The van der Waals surface area contributed by atoms with Gasteiger partial charge in [0.1, 0.15) is 17.4 Å². The molecule has 1 aromatic carbocycles. The molecule has 0 bridgehead atoms. The topological polar surface area (TPSA) is 51.0 Å². The molecule has 0 saturated heterocycles. The lowest BCUT2D eigenvalue weighted by atomic mass is 10.2. The number of imidazole rings is 1. The van der Waals surface area contributed by atoms with Crippen molar-refractivity contribution >= 4 is 28.7 Å². The van der Waals surface area contributed by atoms with E-state index in [1.165, 1.54) is 0 Å². The molecule has 1 amide bonds. The quantitative estimate of drug-likeness (QED) is 0.578. The Labute approximate surface area is 165 Å². The standard InChI is InChI=1S/C21H25ClN4O/c1-4-13-25(14-5-2)21(27)15(3)26-19(16-8-10-17(22)11-9-16)24-18-7-6-12-23-20(18)26/h6-12,15H,4-5,13-14H2,1-3H3/t15-/m0/s1. The van der Waals surface area contributed by atoms with E-state index in [0.29, 0.717) is 5.02 Å². The Morgan fingerprint density at radius 3 is 2.44 bits per heavy atom. The molecule has 0 radical (unpaired) electrons. The Hall–Kier alpha value is -2.40. The van der Waals surface area contributed by atoms with Crippen LogP contribution >= 0.6 is 11.6 Å². The summed E-state index contributed by atoms with van der Waals surface area (Å²) in [5.74, 6) is 0.827. The van der Waals surface area contributed by atoms with E-state index < -0.39 is 6.04 Å². The minimum Gasteiger partial charge on any atom is -0.341 e. The highest BCUT2D eigenvalue weighted by atomic mass is 35.5. The second kappa shape index (κ2) is 8.53. The zero-order valence-electron chi connectivity index (χ0n) is 16.0. The van der Waals surface area contributed by atoms with Crippen molar-refractivity contribution in [2.75, 3.05) is 13.1 Å². The third kappa shape index (κ3) is 3.98. The highest BCUT2D eigenvalue weighted by molar-refractivity contribution is 6.30. The van der Waals surface area contributed by atoms with Gasteiger partial charge in [-0.3, -0.25) is 9.36 Å². The van der Waals surface area contributed by atoms with Gasteiger partial charge in [-0.25, -0.2) is 9.97 Å². The molecule has 3 rings (SSSR count). The Morgan fingerprint density at radius 2 is 1.81 bits per heavy atom. The molecule has 5 nitrogen and oxygen atoms in total. The number of carbonyl (C=O) groups is 1. The zero-order chi connectivity index (χ0) is 19.4. The number of fused-ring (bicyclic) bond motifs is 1. The molecule has 0 aliphatic rings. The number of hydrogen-bond donors (Lipinski definition) is 0. The number of hydrogen-bond acceptors (Lipinski definition) is 3. The van der Waals surface area contributed by atoms with Crippen LogP contribution in [0.1, 0.15) is 39.7 Å². The van der Waals surface area contributed by atoms with Crippen molar-refractivity contribution in [3.63, 3.8) is 0 Å². The molecule has 2 aromatic heterocycles. The van der Waals surface area contributed by atoms with Crippen LogP contribution in [0, 0.1) is 0 Å². The summed E-state index contributed by atoms with van der Waals surface area (Å²) in [6.45, 7) is 7.62. The minimum atomic E-state index is -0.395. The van der Waals surface area contributed by atoms with Gasteiger partial charge in [-0.05, 0) is 56.2 Å². The lowest BCUT2D eigenvalue weighted by Gasteiger charge is -2.26. The maximum Gasteiger partial charge on any atom is 0.245 e. The van der Waals surface area contributed by atoms with Gasteiger partial charge in [0.2, 0.25) is 5.91 Å². The number of pyridine rings is 1. The van der Waals surface area contributed by atoms with Crippen LogP contribution in [0.25, 0.3) is 22.6 Å². The van der Waals surface area contributed by atoms with E-state index in [2.05, 4.69) is 18.8 Å². The molecule has 0 aliphatic heterocycles. The summed E-state index contributed by atoms with van der Waals surface area (Å²) in [7, 11) is 0. The van der Waals surface area contributed by atoms with Crippen LogP contribution in [0.15, 0.2) is 42.6 Å². The fourth-order valence-corrected chi connectivity index (χ4v) is 3.47. The largest absolute Gasteiger partial charge is 0.341 e. The van der Waals surface area contributed by atoms with E-state index >= 15 is 0 Å². The number of amides is 1. The van der Waals surface area contributed by atoms with Gasteiger partial charge >= 0.3 is 0 Å². The maximum absolute atomic E-state index is 13.2. The van der Waals surface area contributed by atoms with Crippen molar-refractivity contribution in [1.82, 2.24) is 19.4 Å². The van der Waals surface area contributed by atoms with Gasteiger partial charge in [0.05, 0.1) is 0 Å². The SMILES string of the molecule is CCCN(CCC)C(=O)[C@H](C)n1c(-c2ccc(Cl)cc2)nc2cccnc21. The van der Waals surface area contributed by atoms with Crippen molar-refractivity contribution in [2.24, 2.45) is 0 Å². The maximum atomic E-state index is 13.2. The molecular weight excluding hydrogens is 360 g/mol. The highest BCUT2D eigenvalue weighted by Gasteiger charge is 2.26. The van der Waals surface area contributed by atoms with Crippen molar-refractivity contribution in [3.8, 4) is 11.4 Å². The normalized spacial score (nSPS) is 12.3. The number of rotatable bonds is 7. The van der Waals surface area contributed by atoms with Crippen molar-refractivity contribution in [2.45, 2.75) is 39.7 Å². The van der Waals surface area contributed by atoms with Crippen LogP contribution in [0.3, 0.4) is 0 Å². The minimum absolute atomic E-state index is 0.0962. The first-order chi connectivity index (χ1) is 13.1. The van der Waals surface area contributed by atoms with Crippen LogP contribution < -0.4 is 0 Å². The van der Waals surface area contributed by atoms with Gasteiger partial charge in [0, 0.05) is 29.9 Å². The first-order valence-corrected chi connectivity index (χ1v) is 9.82. The Kier molecular flexibility index (Phi) is 6.11. The molecule has 6 heteroatoms. The van der Waals surface area contributed by atoms with E-state index in [1.54, 1.807) is 6.20 Å². The number of benzene rings is 1. The molecule has 2 heterocycles. The van der Waals surface area contributed by atoms with Gasteiger partial charge in [-0.2, -0.15) is 0 Å². The third-order valence-corrected chi connectivity index (χ3v) is 4.85. The van der Waals surface area contributed by atoms with E-state index in [-0.39, 0.29) is 5.91 Å². The van der Waals surface area contributed by atoms with Gasteiger partial charge in [-0.15, -0.1) is 0 Å². The highest BCUT2D eigenvalue weighted by Crippen LogP contribution is 2.29. The summed E-state index contributed by atoms with van der Waals surface area (Å²) in [6.07, 6.45) is 3.61. The summed E-state index contributed by atoms with van der Waals surface area (Å²) in [6, 6.07) is 10.9. The Bertz CT molecular complexity index is 914. The van der Waals surface area contributed by atoms with Crippen LogP contribution in [-0.4, -0.2) is 38.4 Å². The first-order valence-electron chi connectivity index (χ1n) is 9.44. The molecule has 3 aromatic rings. The first kappa shape index (κ1) is 19.4. The summed E-state index contributed by atoms with van der Waals surface area (Å²) in [5, 5.41) is 0.667. The molecule has 0 aliphatic carbocycles. The van der Waals surface area contributed by atoms with Gasteiger partial charge in [-0.1, -0.05) is 25.4 Å². The summed E-state index contributed by atoms with van der Waals surface area (Å²) in [5.41, 5.74) is 2.41. The molecule has 0 fully saturated rings. The van der Waals surface area contributed by atoms with Crippen LogP contribution in [0.5, 0.6) is 0 Å². The number of aromatic nitrogens is 3. The van der Waals surface area contributed by atoms with Crippen LogP contribution in [0.4, 0.5) is 0 Å². The summed E-state index contributed by atoms with van der Waals surface area (Å²) in [4.78, 5) is 24.4. The average Bonchev–Trinajstić information content (AvgIpc) is 3.06. The average molecular weight is 385 g/mol. The van der Waals surface area contributed by atoms with Gasteiger partial charge in [0.25, 0.3) is 0 Å². The zero-order valence-corrected chi connectivity index (χ0v) is 16.8. The predicted molar refractivity (Wildman–Crippen MR) is 110 cm³/mol. The molecular formula is C21H25ClN4O. The molecule has 142 valence electrons. The van der Waals surface area contributed by atoms with Gasteiger partial charge in [0.15, 0.2) is 5.65 Å². The number of nitrogens with zero attached hydrogens (tertiary/aromatic N) is 4. The van der Waals surface area contributed by atoms with Crippen LogP contribution in [-0.2, 0) is 4.79 Å². The molecule has 27 heavy (non-hydrogen) atoms. The molecule has 0 saturated carbocycles. The number of halogens is 1. The molecule has 1 atom stereocenters. The lowest BCUT2D eigenvalue weighted by Crippen LogP contribution is -2.37. The fourth-order valence-electron chi connectivity index (χ4n) is 3.35. The third-order valence-electron chi connectivity index (χ3n) is 4.59. The Morgan fingerprint density at radius 1 is 1.15 bits per heavy atom. The monoisotopic (exact) mass is 384 g/mol. The Balaban J connectivity index is 2.09. The van der Waals surface area contributed by atoms with E-state index in [9.17, 15) is 4.79 Å². The van der Waals surface area contributed by atoms with Crippen molar-refractivity contribution < 1.29 is 4.79 Å². The number of carbonyl (C=O) groups excluding carboxylic acids is 1. The molecule has 0 spiro atoms. The van der Waals surface area contributed by atoms with Crippen molar-refractivity contribution in [3.05, 3.63) is 47.6 Å². The summed E-state index contributed by atoms with van der Waals surface area (Å²) >= 11 is 6.04. The van der Waals surface area contributed by atoms with Gasteiger partial charge < -0.3 is 4.90 Å².